The fraction of sp³-hybridized carbons (Fsp3) is 0.294. The molecule has 0 saturated carbocycles. The van der Waals surface area contributed by atoms with E-state index < -0.39 is 6.10 Å². The van der Waals surface area contributed by atoms with Crippen molar-refractivity contribution in [1.29, 1.82) is 0 Å². The molecule has 0 amide bonds. The van der Waals surface area contributed by atoms with Crippen molar-refractivity contribution in [1.82, 2.24) is 0 Å². The molecule has 2 aromatic rings. The van der Waals surface area contributed by atoms with Gasteiger partial charge < -0.3 is 5.11 Å². The van der Waals surface area contributed by atoms with Gasteiger partial charge in [0.15, 0.2) is 0 Å². The quantitative estimate of drug-likeness (QED) is 0.863. The van der Waals surface area contributed by atoms with Crippen LogP contribution in [0.4, 0.5) is 0 Å². The summed E-state index contributed by atoms with van der Waals surface area (Å²) >= 11 is 0. The summed E-state index contributed by atoms with van der Waals surface area (Å²) in [5, 5.41) is 10.3. The smallest absolute Gasteiger partial charge is 0.0832 e. The molecule has 0 aliphatic rings. The molecule has 0 radical (unpaired) electrons. The highest BCUT2D eigenvalue weighted by molar-refractivity contribution is 5.32. The largest absolute Gasteiger partial charge is 0.388 e. The van der Waals surface area contributed by atoms with Crippen LogP contribution in [0, 0.1) is 20.8 Å². The minimum absolute atomic E-state index is 0.424. The summed E-state index contributed by atoms with van der Waals surface area (Å²) < 4.78 is 0. The summed E-state index contributed by atoms with van der Waals surface area (Å²) in [4.78, 5) is 0. The summed E-state index contributed by atoms with van der Waals surface area (Å²) in [6.07, 6.45) is 0.250. The molecule has 1 N–H and O–H groups in total. The standard InChI is InChI=1S/C17H20O/c1-12-8-13(2)10-15(9-12)11-17(18)16-7-5-4-6-14(16)3/h4-10,17-18H,11H2,1-3H3. The third-order valence-corrected chi connectivity index (χ3v) is 3.26. The van der Waals surface area contributed by atoms with Gasteiger partial charge in [0.1, 0.15) is 0 Å². The first-order valence-corrected chi connectivity index (χ1v) is 6.37. The van der Waals surface area contributed by atoms with E-state index in [0.29, 0.717) is 6.42 Å². The number of aliphatic hydroxyl groups excluding tert-OH is 1. The lowest BCUT2D eigenvalue weighted by atomic mass is 9.96. The van der Waals surface area contributed by atoms with Gasteiger partial charge in [0.05, 0.1) is 6.10 Å². The van der Waals surface area contributed by atoms with Crippen LogP contribution in [0.1, 0.15) is 33.9 Å². The zero-order valence-corrected chi connectivity index (χ0v) is 11.3. The number of hydrogen-bond acceptors (Lipinski definition) is 1. The van der Waals surface area contributed by atoms with Crippen molar-refractivity contribution < 1.29 is 5.11 Å². The number of benzene rings is 2. The molecule has 1 unspecified atom stereocenters. The Kier molecular flexibility index (Phi) is 3.83. The van der Waals surface area contributed by atoms with Gasteiger partial charge in [-0.05, 0) is 37.5 Å². The molecule has 0 aliphatic carbocycles. The predicted molar refractivity (Wildman–Crippen MR) is 75.8 cm³/mol. The fourth-order valence-electron chi connectivity index (χ4n) is 2.48. The lowest BCUT2D eigenvalue weighted by Gasteiger charge is -2.14. The molecule has 2 aromatic carbocycles. The number of aryl methyl sites for hydroxylation is 3. The Morgan fingerprint density at radius 2 is 1.56 bits per heavy atom. The van der Waals surface area contributed by atoms with Crippen LogP contribution >= 0.6 is 0 Å². The van der Waals surface area contributed by atoms with Crippen molar-refractivity contribution in [2.75, 3.05) is 0 Å². The highest BCUT2D eigenvalue weighted by atomic mass is 16.3. The molecule has 0 aliphatic heterocycles. The molecule has 0 heterocycles. The lowest BCUT2D eigenvalue weighted by Crippen LogP contribution is -2.04. The van der Waals surface area contributed by atoms with E-state index in [1.807, 2.05) is 31.2 Å². The SMILES string of the molecule is Cc1cc(C)cc(CC(O)c2ccccc2C)c1. The second-order valence-corrected chi connectivity index (χ2v) is 5.07. The van der Waals surface area contributed by atoms with Crippen LogP contribution in [0.15, 0.2) is 42.5 Å². The summed E-state index contributed by atoms with van der Waals surface area (Å²) in [5.74, 6) is 0. The molecular weight excluding hydrogens is 220 g/mol. The summed E-state index contributed by atoms with van der Waals surface area (Å²) in [5.41, 5.74) is 5.87. The predicted octanol–water partition coefficient (Wildman–Crippen LogP) is 3.89. The van der Waals surface area contributed by atoms with E-state index in [4.69, 9.17) is 0 Å². The summed E-state index contributed by atoms with van der Waals surface area (Å²) in [7, 11) is 0. The third kappa shape index (κ3) is 2.99. The first kappa shape index (κ1) is 12.8. The molecule has 0 aromatic heterocycles. The maximum Gasteiger partial charge on any atom is 0.0832 e. The van der Waals surface area contributed by atoms with Gasteiger partial charge in [-0.2, -0.15) is 0 Å². The molecule has 18 heavy (non-hydrogen) atoms. The van der Waals surface area contributed by atoms with Gasteiger partial charge in [0, 0.05) is 6.42 Å². The number of rotatable bonds is 3. The van der Waals surface area contributed by atoms with Crippen LogP contribution < -0.4 is 0 Å². The summed E-state index contributed by atoms with van der Waals surface area (Å²) in [6.45, 7) is 6.23. The molecule has 94 valence electrons. The van der Waals surface area contributed by atoms with E-state index >= 15 is 0 Å². The van der Waals surface area contributed by atoms with Crippen LogP contribution in [0.25, 0.3) is 0 Å². The molecule has 0 spiro atoms. The lowest BCUT2D eigenvalue weighted by molar-refractivity contribution is 0.177. The van der Waals surface area contributed by atoms with Crippen molar-refractivity contribution >= 4 is 0 Å². The first-order chi connectivity index (χ1) is 8.56. The Morgan fingerprint density at radius 3 is 2.17 bits per heavy atom. The second-order valence-electron chi connectivity index (χ2n) is 5.07. The Morgan fingerprint density at radius 1 is 0.944 bits per heavy atom. The maximum absolute atomic E-state index is 10.3. The second kappa shape index (κ2) is 5.36. The molecule has 0 bridgehead atoms. The number of hydrogen-bond donors (Lipinski definition) is 1. The van der Waals surface area contributed by atoms with Gasteiger partial charge in [-0.1, -0.05) is 53.6 Å². The summed E-state index contributed by atoms with van der Waals surface area (Å²) in [6, 6.07) is 14.5. The van der Waals surface area contributed by atoms with Crippen LogP contribution in [-0.4, -0.2) is 5.11 Å². The third-order valence-electron chi connectivity index (χ3n) is 3.26. The van der Waals surface area contributed by atoms with Gasteiger partial charge in [0.2, 0.25) is 0 Å². The van der Waals surface area contributed by atoms with Gasteiger partial charge in [-0.25, -0.2) is 0 Å². The molecule has 0 saturated heterocycles. The van der Waals surface area contributed by atoms with E-state index in [-0.39, 0.29) is 0 Å². The van der Waals surface area contributed by atoms with Crippen molar-refractivity contribution in [3.63, 3.8) is 0 Å². The van der Waals surface area contributed by atoms with E-state index in [1.165, 1.54) is 16.7 Å². The van der Waals surface area contributed by atoms with Crippen LogP contribution in [0.5, 0.6) is 0 Å². The van der Waals surface area contributed by atoms with Crippen molar-refractivity contribution in [2.24, 2.45) is 0 Å². The van der Waals surface area contributed by atoms with Gasteiger partial charge >= 0.3 is 0 Å². The minimum atomic E-state index is -0.424. The van der Waals surface area contributed by atoms with Gasteiger partial charge in [0.25, 0.3) is 0 Å². The normalized spacial score (nSPS) is 12.4. The number of aliphatic hydroxyl groups is 1. The van der Waals surface area contributed by atoms with E-state index in [0.717, 1.165) is 11.1 Å². The molecule has 1 nitrogen and oxygen atoms in total. The van der Waals surface area contributed by atoms with Gasteiger partial charge in [-0.3, -0.25) is 0 Å². The molecule has 1 heteroatoms. The monoisotopic (exact) mass is 240 g/mol. The Balaban J connectivity index is 2.21. The highest BCUT2D eigenvalue weighted by Gasteiger charge is 2.11. The first-order valence-electron chi connectivity index (χ1n) is 6.37. The van der Waals surface area contributed by atoms with Crippen LogP contribution in [0.3, 0.4) is 0 Å². The Labute approximate surface area is 109 Å². The maximum atomic E-state index is 10.3. The molecule has 0 fully saturated rings. The van der Waals surface area contributed by atoms with Crippen LogP contribution in [-0.2, 0) is 6.42 Å². The molecule has 2 rings (SSSR count). The fourth-order valence-corrected chi connectivity index (χ4v) is 2.48. The van der Waals surface area contributed by atoms with E-state index in [2.05, 4.69) is 32.0 Å². The zero-order chi connectivity index (χ0) is 13.1. The van der Waals surface area contributed by atoms with Crippen molar-refractivity contribution in [3.8, 4) is 0 Å². The molecule has 1 atom stereocenters. The average molecular weight is 240 g/mol. The van der Waals surface area contributed by atoms with E-state index in [1.54, 1.807) is 0 Å². The van der Waals surface area contributed by atoms with Gasteiger partial charge in [-0.15, -0.1) is 0 Å². The average Bonchev–Trinajstić information content (AvgIpc) is 2.27. The zero-order valence-electron chi connectivity index (χ0n) is 11.3. The Hall–Kier alpha value is -1.60. The minimum Gasteiger partial charge on any atom is -0.388 e. The molecular formula is C17H20O. The van der Waals surface area contributed by atoms with Crippen molar-refractivity contribution in [3.05, 3.63) is 70.3 Å². The highest BCUT2D eigenvalue weighted by Crippen LogP contribution is 2.22. The van der Waals surface area contributed by atoms with Crippen molar-refractivity contribution in [2.45, 2.75) is 33.3 Å². The van der Waals surface area contributed by atoms with Crippen LogP contribution in [0.2, 0.25) is 0 Å². The van der Waals surface area contributed by atoms with E-state index in [9.17, 15) is 5.11 Å². The Bertz CT molecular complexity index is 523. The topological polar surface area (TPSA) is 20.2 Å².